The summed E-state index contributed by atoms with van der Waals surface area (Å²) in [6.07, 6.45) is 2.90. The van der Waals surface area contributed by atoms with Gasteiger partial charge in [0.2, 0.25) is 0 Å². The highest BCUT2D eigenvalue weighted by atomic mass is 16.3. The van der Waals surface area contributed by atoms with E-state index in [1.165, 1.54) is 23.3 Å². The Morgan fingerprint density at radius 3 is 2.63 bits per heavy atom. The molecular weight excluding hydrogens is 350 g/mol. The number of carbonyl (C=O) groups excluding carboxylic acids is 2. The molecule has 2 amide bonds. The molecule has 0 radical (unpaired) electrons. The van der Waals surface area contributed by atoms with Gasteiger partial charge in [0.1, 0.15) is 11.5 Å². The normalized spacial score (nSPS) is 14.1. The number of furan rings is 2. The quantitative estimate of drug-likeness (QED) is 0.719. The van der Waals surface area contributed by atoms with E-state index in [0.717, 1.165) is 0 Å². The van der Waals surface area contributed by atoms with Crippen molar-refractivity contribution in [2.24, 2.45) is 9.98 Å². The Morgan fingerprint density at radius 1 is 1.19 bits per heavy atom. The molecule has 0 fully saturated rings. The SMILES string of the molecule is C=C1C(=O)N=C(n2nc(-c3ccco3)cc2NC(=O)c2ccco2)N=C1C. The summed E-state index contributed by atoms with van der Waals surface area (Å²) in [5.74, 6) is -0.140. The van der Waals surface area contributed by atoms with E-state index < -0.39 is 11.8 Å². The first-order chi connectivity index (χ1) is 13.0. The van der Waals surface area contributed by atoms with Crippen molar-refractivity contribution in [3.05, 3.63) is 60.8 Å². The molecule has 0 saturated heterocycles. The van der Waals surface area contributed by atoms with E-state index in [1.807, 2.05) is 0 Å². The van der Waals surface area contributed by atoms with Crippen LogP contribution in [0.4, 0.5) is 5.82 Å². The number of hydrogen-bond acceptors (Lipinski definition) is 6. The molecule has 0 atom stereocenters. The third-order valence-electron chi connectivity index (χ3n) is 3.82. The molecule has 0 aromatic carbocycles. The predicted molar refractivity (Wildman–Crippen MR) is 96.7 cm³/mol. The van der Waals surface area contributed by atoms with Gasteiger partial charge in [-0.1, -0.05) is 6.58 Å². The van der Waals surface area contributed by atoms with Gasteiger partial charge >= 0.3 is 0 Å². The topological polar surface area (TPSA) is 115 Å². The maximum absolute atomic E-state index is 12.4. The first-order valence-corrected chi connectivity index (χ1v) is 7.89. The molecule has 0 aliphatic carbocycles. The highest BCUT2D eigenvalue weighted by Crippen LogP contribution is 2.24. The monoisotopic (exact) mass is 363 g/mol. The zero-order valence-corrected chi connectivity index (χ0v) is 14.2. The smallest absolute Gasteiger partial charge is 0.292 e. The summed E-state index contributed by atoms with van der Waals surface area (Å²) in [5.41, 5.74) is 1.06. The Balaban J connectivity index is 1.77. The van der Waals surface area contributed by atoms with E-state index in [-0.39, 0.29) is 23.1 Å². The molecule has 0 bridgehead atoms. The second-order valence-corrected chi connectivity index (χ2v) is 5.63. The van der Waals surface area contributed by atoms with Crippen LogP contribution in [0.1, 0.15) is 17.5 Å². The molecule has 134 valence electrons. The van der Waals surface area contributed by atoms with Crippen LogP contribution < -0.4 is 5.32 Å². The fourth-order valence-electron chi connectivity index (χ4n) is 2.40. The van der Waals surface area contributed by atoms with Crippen molar-refractivity contribution in [2.75, 3.05) is 5.32 Å². The Labute approximate surface area is 152 Å². The van der Waals surface area contributed by atoms with Crippen LogP contribution in [0, 0.1) is 0 Å². The molecule has 1 aliphatic rings. The van der Waals surface area contributed by atoms with Crippen molar-refractivity contribution >= 4 is 29.3 Å². The van der Waals surface area contributed by atoms with Crippen LogP contribution in [-0.2, 0) is 4.79 Å². The van der Waals surface area contributed by atoms with E-state index in [0.29, 0.717) is 17.2 Å². The van der Waals surface area contributed by atoms with Gasteiger partial charge in [0.25, 0.3) is 17.8 Å². The summed E-state index contributed by atoms with van der Waals surface area (Å²) in [7, 11) is 0. The van der Waals surface area contributed by atoms with Crippen LogP contribution >= 0.6 is 0 Å². The molecule has 9 nitrogen and oxygen atoms in total. The molecule has 0 saturated carbocycles. The van der Waals surface area contributed by atoms with Crippen molar-refractivity contribution in [3.63, 3.8) is 0 Å². The van der Waals surface area contributed by atoms with Crippen LogP contribution in [-0.4, -0.2) is 33.3 Å². The number of carbonyl (C=O) groups is 2. The molecule has 4 heterocycles. The lowest BCUT2D eigenvalue weighted by molar-refractivity contribution is -0.113. The lowest BCUT2D eigenvalue weighted by Gasteiger charge is -2.12. The van der Waals surface area contributed by atoms with Crippen LogP contribution in [0.2, 0.25) is 0 Å². The fourth-order valence-corrected chi connectivity index (χ4v) is 2.40. The lowest BCUT2D eigenvalue weighted by atomic mass is 10.2. The maximum Gasteiger partial charge on any atom is 0.292 e. The minimum Gasteiger partial charge on any atom is -0.463 e. The average molecular weight is 363 g/mol. The minimum atomic E-state index is -0.518. The highest BCUT2D eigenvalue weighted by molar-refractivity contribution is 6.28. The van der Waals surface area contributed by atoms with Crippen molar-refractivity contribution in [1.29, 1.82) is 0 Å². The third kappa shape index (κ3) is 3.01. The number of hydrogen-bond donors (Lipinski definition) is 1. The number of rotatable bonds is 3. The van der Waals surface area contributed by atoms with Crippen LogP contribution in [0.25, 0.3) is 11.5 Å². The van der Waals surface area contributed by atoms with Gasteiger partial charge in [-0.2, -0.15) is 14.8 Å². The zero-order chi connectivity index (χ0) is 19.0. The van der Waals surface area contributed by atoms with E-state index >= 15 is 0 Å². The summed E-state index contributed by atoms with van der Waals surface area (Å²) >= 11 is 0. The molecule has 1 aliphatic heterocycles. The number of nitrogens with zero attached hydrogens (tertiary/aromatic N) is 4. The van der Waals surface area contributed by atoms with Gasteiger partial charge in [0.05, 0.1) is 23.8 Å². The summed E-state index contributed by atoms with van der Waals surface area (Å²) < 4.78 is 11.7. The number of aromatic nitrogens is 2. The fraction of sp³-hybridized carbons (Fsp3) is 0.0556. The van der Waals surface area contributed by atoms with Crippen molar-refractivity contribution in [2.45, 2.75) is 6.92 Å². The second-order valence-electron chi connectivity index (χ2n) is 5.63. The van der Waals surface area contributed by atoms with E-state index in [1.54, 1.807) is 31.2 Å². The Morgan fingerprint density at radius 2 is 1.96 bits per heavy atom. The van der Waals surface area contributed by atoms with Gasteiger partial charge in [-0.25, -0.2) is 4.99 Å². The second kappa shape index (κ2) is 6.37. The molecule has 9 heteroatoms. The van der Waals surface area contributed by atoms with Gasteiger partial charge < -0.3 is 14.2 Å². The van der Waals surface area contributed by atoms with E-state index in [2.05, 4.69) is 27.0 Å². The number of amides is 2. The van der Waals surface area contributed by atoms with Crippen molar-refractivity contribution in [1.82, 2.24) is 9.78 Å². The van der Waals surface area contributed by atoms with Gasteiger partial charge in [0, 0.05) is 6.07 Å². The molecule has 3 aromatic rings. The van der Waals surface area contributed by atoms with Crippen molar-refractivity contribution in [3.8, 4) is 11.5 Å². The first-order valence-electron chi connectivity index (χ1n) is 7.89. The van der Waals surface area contributed by atoms with E-state index in [9.17, 15) is 9.59 Å². The summed E-state index contributed by atoms with van der Waals surface area (Å²) in [5, 5.41) is 7.04. The van der Waals surface area contributed by atoms with Gasteiger partial charge in [-0.3, -0.25) is 9.59 Å². The molecule has 1 N–H and O–H groups in total. The van der Waals surface area contributed by atoms with Crippen LogP contribution in [0.5, 0.6) is 0 Å². The third-order valence-corrected chi connectivity index (χ3v) is 3.82. The molecule has 3 aromatic heterocycles. The lowest BCUT2D eigenvalue weighted by Crippen LogP contribution is -2.25. The first kappa shape index (κ1) is 16.5. The number of anilines is 1. The largest absolute Gasteiger partial charge is 0.463 e. The Bertz CT molecular complexity index is 1100. The van der Waals surface area contributed by atoms with Crippen LogP contribution in [0.3, 0.4) is 0 Å². The standard InChI is InChI=1S/C18H13N5O4/c1-10-11(2)19-18(21-16(10)24)23-15(20-17(25)14-6-4-8-27-14)9-12(22-23)13-5-3-7-26-13/h3-9H,1H2,2H3,(H,20,25). The predicted octanol–water partition coefficient (Wildman–Crippen LogP) is 2.75. The Hall–Kier alpha value is -4.01. The highest BCUT2D eigenvalue weighted by Gasteiger charge is 2.23. The number of aliphatic imine (C=N–C) groups is 2. The summed E-state index contributed by atoms with van der Waals surface area (Å²) in [4.78, 5) is 32.5. The Kier molecular flexibility index (Phi) is 3.88. The molecule has 27 heavy (non-hydrogen) atoms. The summed E-state index contributed by atoms with van der Waals surface area (Å²) in [6.45, 7) is 5.29. The van der Waals surface area contributed by atoms with Crippen LogP contribution in [0.15, 0.2) is 73.8 Å². The maximum atomic E-state index is 12.4. The minimum absolute atomic E-state index is 0.0115. The van der Waals surface area contributed by atoms with E-state index in [4.69, 9.17) is 8.83 Å². The average Bonchev–Trinajstić information content (AvgIpc) is 3.39. The summed E-state index contributed by atoms with van der Waals surface area (Å²) in [6, 6.07) is 8.14. The van der Waals surface area contributed by atoms with Gasteiger partial charge in [-0.15, -0.1) is 0 Å². The molecule has 4 rings (SSSR count). The molecule has 0 unspecified atom stereocenters. The van der Waals surface area contributed by atoms with Crippen molar-refractivity contribution < 1.29 is 18.4 Å². The molecular formula is C18H13N5O4. The van der Waals surface area contributed by atoms with Gasteiger partial charge in [-0.05, 0) is 31.2 Å². The zero-order valence-electron chi connectivity index (χ0n) is 14.2. The van der Waals surface area contributed by atoms with Gasteiger partial charge in [0.15, 0.2) is 11.5 Å². The number of nitrogens with one attached hydrogen (secondary N) is 1. The molecule has 0 spiro atoms.